The number of amides is 2. The SMILES string of the molecule is O=C(Nc1ccc(-n2ccnc2)c(F)c1)C1CCCN(C(=O)c2ccccc2OC(F)F)C1. The van der Waals surface area contributed by atoms with Crippen LogP contribution in [0.25, 0.3) is 5.69 Å². The van der Waals surface area contributed by atoms with E-state index in [0.717, 1.165) is 0 Å². The summed E-state index contributed by atoms with van der Waals surface area (Å²) in [5.74, 6) is -2.10. The lowest BCUT2D eigenvalue weighted by molar-refractivity contribution is -0.121. The summed E-state index contributed by atoms with van der Waals surface area (Å²) in [6.45, 7) is -2.55. The second-order valence-corrected chi connectivity index (χ2v) is 7.59. The van der Waals surface area contributed by atoms with Crippen LogP contribution in [-0.2, 0) is 4.79 Å². The van der Waals surface area contributed by atoms with E-state index in [4.69, 9.17) is 0 Å². The highest BCUT2D eigenvalue weighted by atomic mass is 19.3. The summed E-state index contributed by atoms with van der Waals surface area (Å²) in [5, 5.41) is 2.70. The van der Waals surface area contributed by atoms with Gasteiger partial charge in [-0.15, -0.1) is 0 Å². The summed E-state index contributed by atoms with van der Waals surface area (Å²) in [6, 6.07) is 10.1. The second kappa shape index (κ2) is 9.76. The third kappa shape index (κ3) is 5.16. The van der Waals surface area contributed by atoms with Gasteiger partial charge in [0, 0.05) is 31.2 Å². The number of carbonyl (C=O) groups is 2. The molecule has 7 nitrogen and oxygen atoms in total. The molecule has 1 aromatic heterocycles. The number of ether oxygens (including phenoxy) is 1. The van der Waals surface area contributed by atoms with Crippen LogP contribution >= 0.6 is 0 Å². The molecule has 10 heteroatoms. The fraction of sp³-hybridized carbons (Fsp3) is 0.261. The number of alkyl halides is 2. The number of nitrogens with one attached hydrogen (secondary N) is 1. The van der Waals surface area contributed by atoms with Crippen LogP contribution in [0.2, 0.25) is 0 Å². The average molecular weight is 458 g/mol. The standard InChI is InChI=1S/C23H21F3N4O3/c24-18-12-16(7-8-19(18)30-11-9-27-14-30)28-21(31)15-4-3-10-29(13-15)22(32)17-5-1-2-6-20(17)33-23(25)26/h1-2,5-9,11-12,14-15,23H,3-4,10,13H2,(H,28,31). The van der Waals surface area contributed by atoms with Crippen molar-refractivity contribution in [3.05, 3.63) is 72.6 Å². The monoisotopic (exact) mass is 458 g/mol. The fourth-order valence-corrected chi connectivity index (χ4v) is 3.83. The highest BCUT2D eigenvalue weighted by Gasteiger charge is 2.30. The van der Waals surface area contributed by atoms with Crippen LogP contribution in [0, 0.1) is 11.7 Å². The van der Waals surface area contributed by atoms with E-state index in [0.29, 0.717) is 30.8 Å². The van der Waals surface area contributed by atoms with Gasteiger partial charge in [-0.3, -0.25) is 9.59 Å². The lowest BCUT2D eigenvalue weighted by Crippen LogP contribution is -2.43. The smallest absolute Gasteiger partial charge is 0.387 e. The molecule has 0 aliphatic carbocycles. The zero-order valence-corrected chi connectivity index (χ0v) is 17.5. The Labute approximate surface area is 187 Å². The van der Waals surface area contributed by atoms with Crippen molar-refractivity contribution in [2.45, 2.75) is 19.5 Å². The number of aromatic nitrogens is 2. The number of imidazole rings is 1. The first-order valence-corrected chi connectivity index (χ1v) is 10.3. The molecule has 1 fully saturated rings. The van der Waals surface area contributed by atoms with Crippen molar-refractivity contribution in [3.8, 4) is 11.4 Å². The number of piperidine rings is 1. The average Bonchev–Trinajstić information content (AvgIpc) is 3.33. The van der Waals surface area contributed by atoms with Crippen molar-refractivity contribution in [2.24, 2.45) is 5.92 Å². The predicted octanol–water partition coefficient (Wildman–Crippen LogP) is 4.10. The maximum Gasteiger partial charge on any atom is 0.387 e. The lowest BCUT2D eigenvalue weighted by Gasteiger charge is -2.32. The van der Waals surface area contributed by atoms with E-state index in [1.807, 2.05) is 0 Å². The maximum atomic E-state index is 14.5. The topological polar surface area (TPSA) is 76.5 Å². The Hall–Kier alpha value is -3.82. The molecule has 1 unspecified atom stereocenters. The molecule has 33 heavy (non-hydrogen) atoms. The molecule has 1 atom stereocenters. The largest absolute Gasteiger partial charge is 0.434 e. The minimum atomic E-state index is -3.06. The molecule has 1 aliphatic rings. The highest BCUT2D eigenvalue weighted by Crippen LogP contribution is 2.26. The molecule has 1 N–H and O–H groups in total. The molecule has 0 bridgehead atoms. The number of halogens is 3. The van der Waals surface area contributed by atoms with Gasteiger partial charge in [-0.05, 0) is 43.2 Å². The molecule has 2 aromatic carbocycles. The first-order chi connectivity index (χ1) is 15.9. The molecule has 3 aromatic rings. The summed E-state index contributed by atoms with van der Waals surface area (Å²) in [4.78, 5) is 31.1. The molecular formula is C23H21F3N4O3. The zero-order chi connectivity index (χ0) is 23.4. The lowest BCUT2D eigenvalue weighted by atomic mass is 9.96. The first kappa shape index (κ1) is 22.4. The number of benzene rings is 2. The Bertz CT molecular complexity index is 1140. The molecule has 0 spiro atoms. The third-order valence-corrected chi connectivity index (χ3v) is 5.41. The van der Waals surface area contributed by atoms with Crippen LogP contribution in [0.5, 0.6) is 5.75 Å². The number of anilines is 1. The van der Waals surface area contributed by atoms with Gasteiger partial charge in [0.05, 0.1) is 23.5 Å². The van der Waals surface area contributed by atoms with Crippen LogP contribution < -0.4 is 10.1 Å². The Morgan fingerprint density at radius 3 is 2.73 bits per heavy atom. The number of rotatable bonds is 6. The molecule has 0 radical (unpaired) electrons. The summed E-state index contributed by atoms with van der Waals surface area (Å²) in [5.41, 5.74) is 0.598. The number of hydrogen-bond acceptors (Lipinski definition) is 4. The Morgan fingerprint density at radius 2 is 2.00 bits per heavy atom. The van der Waals surface area contributed by atoms with Gasteiger partial charge in [0.1, 0.15) is 11.6 Å². The van der Waals surface area contributed by atoms with E-state index in [2.05, 4.69) is 15.0 Å². The van der Waals surface area contributed by atoms with Crippen LogP contribution in [-0.4, -0.2) is 46.0 Å². The van der Waals surface area contributed by atoms with Gasteiger partial charge in [0.15, 0.2) is 0 Å². The second-order valence-electron chi connectivity index (χ2n) is 7.59. The van der Waals surface area contributed by atoms with Crippen LogP contribution in [0.4, 0.5) is 18.9 Å². The molecule has 2 heterocycles. The van der Waals surface area contributed by atoms with Crippen molar-refractivity contribution >= 4 is 17.5 Å². The van der Waals surface area contributed by atoms with Crippen LogP contribution in [0.3, 0.4) is 0 Å². The van der Waals surface area contributed by atoms with Gasteiger partial charge < -0.3 is 19.5 Å². The van der Waals surface area contributed by atoms with Crippen LogP contribution in [0.1, 0.15) is 23.2 Å². The predicted molar refractivity (Wildman–Crippen MR) is 114 cm³/mol. The van der Waals surface area contributed by atoms with Crippen molar-refractivity contribution in [1.82, 2.24) is 14.5 Å². The first-order valence-electron chi connectivity index (χ1n) is 10.3. The number of likely N-dealkylation sites (tertiary alicyclic amines) is 1. The number of carbonyl (C=O) groups excluding carboxylic acids is 2. The number of nitrogens with zero attached hydrogens (tertiary/aromatic N) is 3. The van der Waals surface area contributed by atoms with Gasteiger partial charge in [-0.25, -0.2) is 9.37 Å². The molecule has 0 saturated carbocycles. The minimum Gasteiger partial charge on any atom is -0.434 e. The van der Waals surface area contributed by atoms with E-state index in [-0.39, 0.29) is 23.8 Å². The van der Waals surface area contributed by atoms with Crippen molar-refractivity contribution in [1.29, 1.82) is 0 Å². The van der Waals surface area contributed by atoms with Gasteiger partial charge in [-0.1, -0.05) is 12.1 Å². The Morgan fingerprint density at radius 1 is 1.18 bits per heavy atom. The Kier molecular flexibility index (Phi) is 6.62. The fourth-order valence-electron chi connectivity index (χ4n) is 3.83. The Balaban J connectivity index is 1.43. The summed E-state index contributed by atoms with van der Waals surface area (Å²) >= 11 is 0. The summed E-state index contributed by atoms with van der Waals surface area (Å²) in [6.07, 6.45) is 5.71. The zero-order valence-electron chi connectivity index (χ0n) is 17.5. The van der Waals surface area contributed by atoms with Gasteiger partial charge >= 0.3 is 6.61 Å². The van der Waals surface area contributed by atoms with Crippen LogP contribution in [0.15, 0.2) is 61.2 Å². The highest BCUT2D eigenvalue weighted by molar-refractivity contribution is 5.98. The number of para-hydroxylation sites is 1. The van der Waals surface area contributed by atoms with E-state index < -0.39 is 24.3 Å². The van der Waals surface area contributed by atoms with E-state index in [9.17, 15) is 22.8 Å². The molecule has 172 valence electrons. The summed E-state index contributed by atoms with van der Waals surface area (Å²) in [7, 11) is 0. The number of hydrogen-bond donors (Lipinski definition) is 1. The van der Waals surface area contributed by atoms with Crippen molar-refractivity contribution in [3.63, 3.8) is 0 Å². The molecule has 1 saturated heterocycles. The normalized spacial score (nSPS) is 16.0. The van der Waals surface area contributed by atoms with Crippen molar-refractivity contribution in [2.75, 3.05) is 18.4 Å². The van der Waals surface area contributed by atoms with Gasteiger partial charge in [0.25, 0.3) is 5.91 Å². The third-order valence-electron chi connectivity index (χ3n) is 5.41. The molecule has 4 rings (SSSR count). The molecule has 2 amide bonds. The van der Waals surface area contributed by atoms with E-state index in [1.165, 1.54) is 52.3 Å². The van der Waals surface area contributed by atoms with Gasteiger partial charge in [-0.2, -0.15) is 8.78 Å². The van der Waals surface area contributed by atoms with E-state index >= 15 is 0 Å². The van der Waals surface area contributed by atoms with E-state index in [1.54, 1.807) is 18.3 Å². The molecule has 1 aliphatic heterocycles. The summed E-state index contributed by atoms with van der Waals surface area (Å²) < 4.78 is 45.8. The van der Waals surface area contributed by atoms with Gasteiger partial charge in [0.2, 0.25) is 5.91 Å². The van der Waals surface area contributed by atoms with Crippen molar-refractivity contribution < 1.29 is 27.5 Å². The maximum absolute atomic E-state index is 14.5. The molecular weight excluding hydrogens is 437 g/mol. The quantitative estimate of drug-likeness (QED) is 0.604. The minimum absolute atomic E-state index is 0.0102.